The summed E-state index contributed by atoms with van der Waals surface area (Å²) in [6, 6.07) is 24.1. The van der Waals surface area contributed by atoms with Crippen molar-refractivity contribution in [1.82, 2.24) is 14.5 Å². The monoisotopic (exact) mass is 396 g/mol. The van der Waals surface area contributed by atoms with Gasteiger partial charge in [-0.05, 0) is 42.8 Å². The fourth-order valence-corrected chi connectivity index (χ4v) is 4.03. The Hall–Kier alpha value is -3.44. The van der Waals surface area contributed by atoms with Gasteiger partial charge in [0.15, 0.2) is 0 Å². The number of imidazole rings is 1. The van der Waals surface area contributed by atoms with Gasteiger partial charge in [-0.15, -0.1) is 0 Å². The Kier molecular flexibility index (Phi) is 4.81. The predicted molar refractivity (Wildman–Crippen MR) is 119 cm³/mol. The maximum Gasteiger partial charge on any atom is 0.255 e. The molecule has 0 saturated heterocycles. The van der Waals surface area contributed by atoms with Crippen molar-refractivity contribution in [2.45, 2.75) is 26.6 Å². The van der Waals surface area contributed by atoms with Gasteiger partial charge in [0.05, 0.1) is 17.6 Å². The topological polar surface area (TPSA) is 50.2 Å². The number of anilines is 1. The molecule has 0 saturated carbocycles. The molecule has 2 heterocycles. The summed E-state index contributed by atoms with van der Waals surface area (Å²) in [7, 11) is 0. The number of carbonyl (C=O) groups is 1. The standard InChI is InChI=1S/C25H24N4O/c1-18-7-9-20(10-8-18)25(30)26-21-11-12-23-22(15-21)27-24-17-28(13-14-29(23)24)16-19-5-3-2-4-6-19/h2-12,15H,13-14,16-17H2,1H3,(H,26,30). The van der Waals surface area contributed by atoms with E-state index in [2.05, 4.69) is 45.1 Å². The molecule has 0 fully saturated rings. The molecule has 0 unspecified atom stereocenters. The number of rotatable bonds is 4. The normalized spacial score (nSPS) is 13.9. The first-order chi connectivity index (χ1) is 14.7. The zero-order valence-electron chi connectivity index (χ0n) is 17.0. The largest absolute Gasteiger partial charge is 0.326 e. The van der Waals surface area contributed by atoms with Crippen LogP contribution in [0.25, 0.3) is 11.0 Å². The molecule has 150 valence electrons. The molecule has 0 bridgehead atoms. The second-order valence-corrected chi connectivity index (χ2v) is 7.90. The van der Waals surface area contributed by atoms with Crippen LogP contribution in [0, 0.1) is 6.92 Å². The predicted octanol–water partition coefficient (Wildman–Crippen LogP) is 4.61. The van der Waals surface area contributed by atoms with Crippen LogP contribution in [-0.2, 0) is 19.6 Å². The van der Waals surface area contributed by atoms with Crippen molar-refractivity contribution in [2.75, 3.05) is 11.9 Å². The van der Waals surface area contributed by atoms with Crippen LogP contribution in [0.15, 0.2) is 72.8 Å². The highest BCUT2D eigenvalue weighted by atomic mass is 16.1. The van der Waals surface area contributed by atoms with E-state index in [1.807, 2.05) is 49.4 Å². The van der Waals surface area contributed by atoms with E-state index in [9.17, 15) is 4.79 Å². The van der Waals surface area contributed by atoms with Crippen molar-refractivity contribution < 1.29 is 4.79 Å². The Morgan fingerprint density at radius 2 is 1.80 bits per heavy atom. The third-order valence-electron chi connectivity index (χ3n) is 5.65. The molecule has 5 rings (SSSR count). The van der Waals surface area contributed by atoms with Gasteiger partial charge in [-0.3, -0.25) is 9.69 Å². The number of carbonyl (C=O) groups excluding carboxylic acids is 1. The number of nitrogens with zero attached hydrogens (tertiary/aromatic N) is 3. The summed E-state index contributed by atoms with van der Waals surface area (Å²) in [6.45, 7) is 5.70. The second kappa shape index (κ2) is 7.76. The quantitative estimate of drug-likeness (QED) is 0.548. The van der Waals surface area contributed by atoms with Crippen LogP contribution in [0.5, 0.6) is 0 Å². The molecule has 30 heavy (non-hydrogen) atoms. The molecule has 5 nitrogen and oxygen atoms in total. The third kappa shape index (κ3) is 3.72. The highest BCUT2D eigenvalue weighted by molar-refractivity contribution is 6.05. The minimum atomic E-state index is -0.104. The minimum Gasteiger partial charge on any atom is -0.326 e. The summed E-state index contributed by atoms with van der Waals surface area (Å²) in [5.41, 5.74) is 5.93. The summed E-state index contributed by atoms with van der Waals surface area (Å²) < 4.78 is 2.29. The van der Waals surface area contributed by atoms with Crippen LogP contribution in [0.1, 0.15) is 27.3 Å². The Bertz CT molecular complexity index is 1200. The minimum absolute atomic E-state index is 0.104. The zero-order chi connectivity index (χ0) is 20.5. The van der Waals surface area contributed by atoms with E-state index in [1.165, 1.54) is 5.56 Å². The molecular formula is C25H24N4O. The smallest absolute Gasteiger partial charge is 0.255 e. The lowest BCUT2D eigenvalue weighted by Crippen LogP contribution is -2.33. The van der Waals surface area contributed by atoms with E-state index in [-0.39, 0.29) is 5.91 Å². The van der Waals surface area contributed by atoms with Crippen LogP contribution in [0.2, 0.25) is 0 Å². The van der Waals surface area contributed by atoms with Crippen molar-refractivity contribution in [1.29, 1.82) is 0 Å². The summed E-state index contributed by atoms with van der Waals surface area (Å²) in [6.07, 6.45) is 0. The number of nitrogens with one attached hydrogen (secondary N) is 1. The lowest BCUT2D eigenvalue weighted by molar-refractivity contribution is 0.102. The number of benzene rings is 3. The number of aromatic nitrogens is 2. The van der Waals surface area contributed by atoms with Crippen LogP contribution >= 0.6 is 0 Å². The van der Waals surface area contributed by atoms with Gasteiger partial charge in [0, 0.05) is 30.9 Å². The maximum absolute atomic E-state index is 12.5. The Balaban J connectivity index is 1.34. The number of fused-ring (bicyclic) bond motifs is 3. The van der Waals surface area contributed by atoms with Gasteiger partial charge >= 0.3 is 0 Å². The van der Waals surface area contributed by atoms with Crippen molar-refractivity contribution in [3.05, 3.63) is 95.3 Å². The van der Waals surface area contributed by atoms with Crippen molar-refractivity contribution >= 4 is 22.6 Å². The van der Waals surface area contributed by atoms with Crippen molar-refractivity contribution in [3.8, 4) is 0 Å². The molecule has 3 aromatic carbocycles. The van der Waals surface area contributed by atoms with Crippen LogP contribution in [-0.4, -0.2) is 26.9 Å². The Morgan fingerprint density at radius 3 is 2.60 bits per heavy atom. The van der Waals surface area contributed by atoms with E-state index in [0.717, 1.165) is 54.3 Å². The van der Waals surface area contributed by atoms with Gasteiger partial charge in [0.2, 0.25) is 0 Å². The first kappa shape index (κ1) is 18.6. The SMILES string of the molecule is Cc1ccc(C(=O)Nc2ccc3c(c2)nc2n3CCN(Cc3ccccc3)C2)cc1. The van der Waals surface area contributed by atoms with E-state index in [1.54, 1.807) is 0 Å². The van der Waals surface area contributed by atoms with Gasteiger partial charge in [0.1, 0.15) is 5.82 Å². The molecule has 5 heteroatoms. The van der Waals surface area contributed by atoms with Gasteiger partial charge in [-0.2, -0.15) is 0 Å². The molecule has 0 atom stereocenters. The lowest BCUT2D eigenvalue weighted by Gasteiger charge is -2.27. The fraction of sp³-hybridized carbons (Fsp3) is 0.200. The number of amides is 1. The van der Waals surface area contributed by atoms with Gasteiger partial charge in [-0.25, -0.2) is 4.98 Å². The zero-order valence-corrected chi connectivity index (χ0v) is 17.0. The van der Waals surface area contributed by atoms with Gasteiger partial charge in [0.25, 0.3) is 5.91 Å². The Labute approximate surface area is 176 Å². The average Bonchev–Trinajstić information content (AvgIpc) is 3.11. The molecule has 1 aliphatic rings. The number of hydrogen-bond acceptors (Lipinski definition) is 3. The van der Waals surface area contributed by atoms with Crippen molar-refractivity contribution in [3.63, 3.8) is 0 Å². The van der Waals surface area contributed by atoms with Gasteiger partial charge in [-0.1, -0.05) is 48.0 Å². The summed E-state index contributed by atoms with van der Waals surface area (Å²) >= 11 is 0. The molecular weight excluding hydrogens is 372 g/mol. The summed E-state index contributed by atoms with van der Waals surface area (Å²) in [5.74, 6) is 0.974. The lowest BCUT2D eigenvalue weighted by atomic mass is 10.1. The van der Waals surface area contributed by atoms with Gasteiger partial charge < -0.3 is 9.88 Å². The molecule has 0 radical (unpaired) electrons. The van der Waals surface area contributed by atoms with E-state index in [0.29, 0.717) is 5.56 Å². The van der Waals surface area contributed by atoms with E-state index in [4.69, 9.17) is 4.98 Å². The summed E-state index contributed by atoms with van der Waals surface area (Å²) in [4.78, 5) is 19.8. The van der Waals surface area contributed by atoms with E-state index >= 15 is 0 Å². The fourth-order valence-electron chi connectivity index (χ4n) is 4.03. The highest BCUT2D eigenvalue weighted by Gasteiger charge is 2.20. The number of aryl methyl sites for hydroxylation is 1. The molecule has 1 aromatic heterocycles. The summed E-state index contributed by atoms with van der Waals surface area (Å²) in [5, 5.41) is 2.99. The molecule has 1 aliphatic heterocycles. The van der Waals surface area contributed by atoms with Crippen molar-refractivity contribution in [2.24, 2.45) is 0 Å². The van der Waals surface area contributed by atoms with Crippen LogP contribution < -0.4 is 5.32 Å². The third-order valence-corrected chi connectivity index (χ3v) is 5.65. The first-order valence-corrected chi connectivity index (χ1v) is 10.3. The average molecular weight is 396 g/mol. The molecule has 1 N–H and O–H groups in total. The first-order valence-electron chi connectivity index (χ1n) is 10.3. The Morgan fingerprint density at radius 1 is 1.00 bits per heavy atom. The molecule has 1 amide bonds. The van der Waals surface area contributed by atoms with Crippen LogP contribution in [0.4, 0.5) is 5.69 Å². The second-order valence-electron chi connectivity index (χ2n) is 7.90. The molecule has 0 aliphatic carbocycles. The van der Waals surface area contributed by atoms with Crippen LogP contribution in [0.3, 0.4) is 0 Å². The molecule has 0 spiro atoms. The molecule has 4 aromatic rings. The maximum atomic E-state index is 12.5. The highest BCUT2D eigenvalue weighted by Crippen LogP contribution is 2.25. The van der Waals surface area contributed by atoms with E-state index < -0.39 is 0 Å². The number of hydrogen-bond donors (Lipinski definition) is 1.